The van der Waals surface area contributed by atoms with E-state index in [1.165, 1.54) is 0 Å². The highest BCUT2D eigenvalue weighted by Crippen LogP contribution is 2.16. The Morgan fingerprint density at radius 1 is 0.625 bits per heavy atom. The van der Waals surface area contributed by atoms with Crippen molar-refractivity contribution < 1.29 is 38.9 Å². The summed E-state index contributed by atoms with van der Waals surface area (Å²) in [6.07, 6.45) is 0.532. The molecule has 2 amide bonds. The van der Waals surface area contributed by atoms with Crippen LogP contribution in [0.4, 0.5) is 0 Å². The Morgan fingerprint density at radius 2 is 0.906 bits per heavy atom. The molecule has 1 aliphatic rings. The molecule has 2 N–H and O–H groups in total. The molecule has 0 bridgehead atoms. The number of ether oxygens (including phenoxy) is 2. The van der Waals surface area contributed by atoms with Crippen LogP contribution in [0.15, 0.2) is 0 Å². The van der Waals surface area contributed by atoms with Gasteiger partial charge in [-0.1, -0.05) is 27.7 Å². The maximum atomic E-state index is 12.8. The fourth-order valence-electron chi connectivity index (χ4n) is 3.65. The second-order valence-electron chi connectivity index (χ2n) is 8.63. The van der Waals surface area contributed by atoms with Crippen LogP contribution in [0.5, 0.6) is 0 Å². The molecule has 10 heteroatoms. The predicted octanol–water partition coefficient (Wildman–Crippen LogP) is 1.18. The van der Waals surface area contributed by atoms with E-state index in [4.69, 9.17) is 19.7 Å². The average molecular weight is 459 g/mol. The molecule has 0 unspecified atom stereocenters. The first kappa shape index (κ1) is 27.8. The molecule has 0 aromatic rings. The molecule has 0 radical (unpaired) electrons. The molecule has 0 aromatic carbocycles. The molecule has 1 rings (SSSR count). The number of rotatable bonds is 8. The fourth-order valence-corrected chi connectivity index (χ4v) is 3.65. The standard InChI is InChI=1S/C22H38N2O8/c1-15(13-17(3)21(27)28)19(25)23-5-9-31-11-7-24(8-12-32-10-6-23)20(26)16(2)14-18(4)22(29)30/h15-18H,5-14H2,1-4H3,(H,27,28)(H,29,30)/t15-,16-,17-,18-/m1/s1. The van der Waals surface area contributed by atoms with E-state index in [0.717, 1.165) is 0 Å². The van der Waals surface area contributed by atoms with E-state index in [1.807, 2.05) is 0 Å². The zero-order chi connectivity index (χ0) is 24.3. The van der Waals surface area contributed by atoms with E-state index in [-0.39, 0.29) is 24.7 Å². The summed E-state index contributed by atoms with van der Waals surface area (Å²) in [6, 6.07) is 0. The summed E-state index contributed by atoms with van der Waals surface area (Å²) in [4.78, 5) is 50.9. The third kappa shape index (κ3) is 9.52. The van der Waals surface area contributed by atoms with Gasteiger partial charge < -0.3 is 29.5 Å². The Morgan fingerprint density at radius 3 is 1.16 bits per heavy atom. The van der Waals surface area contributed by atoms with Gasteiger partial charge >= 0.3 is 11.9 Å². The fraction of sp³-hybridized carbons (Fsp3) is 0.818. The maximum Gasteiger partial charge on any atom is 0.306 e. The third-order valence-electron chi connectivity index (χ3n) is 5.75. The van der Waals surface area contributed by atoms with E-state index in [0.29, 0.717) is 52.6 Å². The van der Waals surface area contributed by atoms with Crippen LogP contribution in [0.1, 0.15) is 40.5 Å². The van der Waals surface area contributed by atoms with Crippen LogP contribution in [0, 0.1) is 23.7 Å². The van der Waals surface area contributed by atoms with Gasteiger partial charge in [0, 0.05) is 38.0 Å². The molecule has 0 aliphatic carbocycles. The number of aliphatic carboxylic acids is 2. The molecule has 0 spiro atoms. The van der Waals surface area contributed by atoms with E-state index < -0.39 is 35.6 Å². The average Bonchev–Trinajstić information content (AvgIpc) is 2.72. The highest BCUT2D eigenvalue weighted by Gasteiger charge is 2.26. The highest BCUT2D eigenvalue weighted by atomic mass is 16.5. The summed E-state index contributed by atoms with van der Waals surface area (Å²) < 4.78 is 11.3. The molecule has 10 nitrogen and oxygen atoms in total. The van der Waals surface area contributed by atoms with Crippen molar-refractivity contribution in [3.05, 3.63) is 0 Å². The van der Waals surface area contributed by atoms with Gasteiger partial charge in [0.15, 0.2) is 0 Å². The summed E-state index contributed by atoms with van der Waals surface area (Å²) in [7, 11) is 0. The molecule has 4 atom stereocenters. The number of carbonyl (C=O) groups is 4. The zero-order valence-corrected chi connectivity index (χ0v) is 19.6. The van der Waals surface area contributed by atoms with Gasteiger partial charge in [-0.05, 0) is 12.8 Å². The van der Waals surface area contributed by atoms with E-state index >= 15 is 0 Å². The van der Waals surface area contributed by atoms with Crippen molar-refractivity contribution in [2.45, 2.75) is 40.5 Å². The Labute approximate surface area is 189 Å². The summed E-state index contributed by atoms with van der Waals surface area (Å²) in [5.74, 6) is -4.13. The molecular formula is C22H38N2O8. The van der Waals surface area contributed by atoms with Crippen LogP contribution in [-0.4, -0.2) is 96.4 Å². The highest BCUT2D eigenvalue weighted by molar-refractivity contribution is 5.80. The number of carboxylic acid groups (broad SMARTS) is 2. The molecule has 1 aliphatic heterocycles. The molecule has 184 valence electrons. The molecule has 1 fully saturated rings. The second-order valence-corrected chi connectivity index (χ2v) is 8.63. The van der Waals surface area contributed by atoms with Crippen LogP contribution in [0.3, 0.4) is 0 Å². The Hall–Kier alpha value is -2.20. The molecule has 1 heterocycles. The van der Waals surface area contributed by atoms with Crippen molar-refractivity contribution in [2.75, 3.05) is 52.6 Å². The van der Waals surface area contributed by atoms with Gasteiger partial charge in [-0.2, -0.15) is 0 Å². The quantitative estimate of drug-likeness (QED) is 0.554. The first-order valence-electron chi connectivity index (χ1n) is 11.2. The van der Waals surface area contributed by atoms with Gasteiger partial charge in [0.05, 0.1) is 38.3 Å². The van der Waals surface area contributed by atoms with E-state index in [9.17, 15) is 19.2 Å². The van der Waals surface area contributed by atoms with Gasteiger partial charge in [0.1, 0.15) is 0 Å². The van der Waals surface area contributed by atoms with Crippen molar-refractivity contribution in [3.8, 4) is 0 Å². The van der Waals surface area contributed by atoms with E-state index in [2.05, 4.69) is 0 Å². The molecule has 0 aromatic heterocycles. The summed E-state index contributed by atoms with van der Waals surface area (Å²) in [5.41, 5.74) is 0. The second kappa shape index (κ2) is 14.1. The van der Waals surface area contributed by atoms with Crippen LogP contribution in [-0.2, 0) is 28.7 Å². The number of nitrogens with zero attached hydrogens (tertiary/aromatic N) is 2. The summed E-state index contributed by atoms with van der Waals surface area (Å²) >= 11 is 0. The lowest BCUT2D eigenvalue weighted by atomic mass is 9.96. The van der Waals surface area contributed by atoms with Gasteiger partial charge in [-0.25, -0.2) is 0 Å². The van der Waals surface area contributed by atoms with Crippen molar-refractivity contribution in [1.82, 2.24) is 9.80 Å². The molecule has 1 saturated heterocycles. The number of carbonyl (C=O) groups excluding carboxylic acids is 2. The predicted molar refractivity (Wildman–Crippen MR) is 116 cm³/mol. The number of hydrogen-bond donors (Lipinski definition) is 2. The van der Waals surface area contributed by atoms with Crippen LogP contribution in [0.25, 0.3) is 0 Å². The number of hydrogen-bond acceptors (Lipinski definition) is 6. The van der Waals surface area contributed by atoms with Crippen molar-refractivity contribution in [2.24, 2.45) is 23.7 Å². The van der Waals surface area contributed by atoms with Gasteiger partial charge in [0.25, 0.3) is 0 Å². The largest absolute Gasteiger partial charge is 0.481 e. The minimum Gasteiger partial charge on any atom is -0.481 e. The first-order chi connectivity index (χ1) is 15.0. The normalized spacial score (nSPS) is 20.2. The number of carboxylic acids is 2. The Kier molecular flexibility index (Phi) is 12.2. The minimum atomic E-state index is -0.921. The lowest BCUT2D eigenvalue weighted by Gasteiger charge is -2.29. The van der Waals surface area contributed by atoms with Crippen molar-refractivity contribution >= 4 is 23.8 Å². The van der Waals surface area contributed by atoms with Gasteiger partial charge in [0.2, 0.25) is 11.8 Å². The van der Waals surface area contributed by atoms with E-state index in [1.54, 1.807) is 37.5 Å². The van der Waals surface area contributed by atoms with Gasteiger partial charge in [-0.3, -0.25) is 19.2 Å². The monoisotopic (exact) mass is 458 g/mol. The first-order valence-corrected chi connectivity index (χ1v) is 11.2. The summed E-state index contributed by atoms with van der Waals surface area (Å²) in [6.45, 7) is 9.23. The van der Waals surface area contributed by atoms with Gasteiger partial charge in [-0.15, -0.1) is 0 Å². The summed E-state index contributed by atoms with van der Waals surface area (Å²) in [5, 5.41) is 18.1. The zero-order valence-electron chi connectivity index (χ0n) is 19.6. The van der Waals surface area contributed by atoms with Crippen LogP contribution in [0.2, 0.25) is 0 Å². The van der Waals surface area contributed by atoms with Crippen LogP contribution < -0.4 is 0 Å². The molecular weight excluding hydrogens is 420 g/mol. The lowest BCUT2D eigenvalue weighted by Crippen LogP contribution is -2.43. The third-order valence-corrected chi connectivity index (χ3v) is 5.75. The Bertz CT molecular complexity index is 575. The minimum absolute atomic E-state index is 0.125. The Balaban J connectivity index is 2.60. The SMILES string of the molecule is C[C@H](C[C@@H](C)C(=O)N1CCOCCN(C(=O)[C@H](C)C[C@@H](C)C(=O)O)CCOCC1)C(=O)O. The number of amides is 2. The smallest absolute Gasteiger partial charge is 0.306 e. The lowest BCUT2D eigenvalue weighted by molar-refractivity contribution is -0.144. The van der Waals surface area contributed by atoms with Crippen molar-refractivity contribution in [1.29, 1.82) is 0 Å². The topological polar surface area (TPSA) is 134 Å². The van der Waals surface area contributed by atoms with Crippen molar-refractivity contribution in [3.63, 3.8) is 0 Å². The van der Waals surface area contributed by atoms with Crippen LogP contribution >= 0.6 is 0 Å². The molecule has 0 saturated carbocycles. The maximum absolute atomic E-state index is 12.8. The molecule has 32 heavy (non-hydrogen) atoms.